The Morgan fingerprint density at radius 2 is 1.67 bits per heavy atom. The Morgan fingerprint density at radius 3 is 2.33 bits per heavy atom. The molecule has 0 bridgehead atoms. The van der Waals surface area contributed by atoms with Crippen molar-refractivity contribution in [1.82, 2.24) is 4.72 Å². The Bertz CT molecular complexity index is 715. The van der Waals surface area contributed by atoms with Gasteiger partial charge in [0, 0.05) is 12.1 Å². The molecule has 0 radical (unpaired) electrons. The highest BCUT2D eigenvalue weighted by Gasteiger charge is 2.15. The lowest BCUT2D eigenvalue weighted by Crippen LogP contribution is -2.28. The predicted octanol–water partition coefficient (Wildman–Crippen LogP) is 1.81. The summed E-state index contributed by atoms with van der Waals surface area (Å²) in [4.78, 5) is 0. The summed E-state index contributed by atoms with van der Waals surface area (Å²) in [5.41, 5.74) is 0.671. The molecule has 2 N–H and O–H groups in total. The normalized spacial score (nSPS) is 11.1. The number of phenolic OH excluding ortho intramolecular Hbond substituents is 1. The van der Waals surface area contributed by atoms with Crippen LogP contribution >= 0.6 is 0 Å². The Hall–Kier alpha value is -2.25. The number of aromatic hydroxyl groups is 1. The summed E-state index contributed by atoms with van der Waals surface area (Å²) in [5.74, 6) is 0.188. The topological polar surface area (TPSA) is 84.9 Å². The van der Waals surface area contributed by atoms with Gasteiger partial charge in [-0.05, 0) is 18.2 Å². The maximum atomic E-state index is 11.8. The molecule has 0 aliphatic rings. The molecule has 0 saturated heterocycles. The van der Waals surface area contributed by atoms with E-state index < -0.39 is 10.3 Å². The van der Waals surface area contributed by atoms with Crippen molar-refractivity contribution < 1.29 is 22.4 Å². The average molecular weight is 309 g/mol. The van der Waals surface area contributed by atoms with Gasteiger partial charge in [0.05, 0.1) is 7.11 Å². The third-order valence-corrected chi connectivity index (χ3v) is 3.59. The second kappa shape index (κ2) is 6.47. The molecule has 0 aliphatic heterocycles. The molecule has 112 valence electrons. The zero-order chi connectivity index (χ0) is 15.3. The van der Waals surface area contributed by atoms with Gasteiger partial charge in [-0.3, -0.25) is 0 Å². The van der Waals surface area contributed by atoms with Crippen LogP contribution < -0.4 is 13.6 Å². The van der Waals surface area contributed by atoms with Crippen LogP contribution in [0.1, 0.15) is 5.56 Å². The molecule has 0 fully saturated rings. The van der Waals surface area contributed by atoms with E-state index in [1.807, 2.05) is 0 Å². The number of methoxy groups -OCH3 is 1. The molecule has 2 aromatic rings. The largest absolute Gasteiger partial charge is 0.504 e. The Morgan fingerprint density at radius 1 is 1.05 bits per heavy atom. The van der Waals surface area contributed by atoms with Gasteiger partial charge < -0.3 is 14.0 Å². The molecule has 2 rings (SSSR count). The fraction of sp³-hybridized carbons (Fsp3) is 0.143. The Kier molecular flexibility index (Phi) is 4.66. The molecule has 0 aromatic heterocycles. The highest BCUT2D eigenvalue weighted by atomic mass is 32.2. The number of phenols is 1. The predicted molar refractivity (Wildman–Crippen MR) is 77.5 cm³/mol. The number of hydrogen-bond donors (Lipinski definition) is 2. The number of benzene rings is 2. The van der Waals surface area contributed by atoms with Crippen molar-refractivity contribution in [3.05, 3.63) is 54.1 Å². The molecule has 21 heavy (non-hydrogen) atoms. The number of rotatable bonds is 6. The summed E-state index contributed by atoms with van der Waals surface area (Å²) in [6.45, 7) is 0.0138. The first-order chi connectivity index (χ1) is 10.0. The number of para-hydroxylation sites is 3. The molecule has 0 aliphatic carbocycles. The van der Waals surface area contributed by atoms with Crippen molar-refractivity contribution in [1.29, 1.82) is 0 Å². The highest BCUT2D eigenvalue weighted by Crippen LogP contribution is 2.25. The highest BCUT2D eigenvalue weighted by molar-refractivity contribution is 7.85. The van der Waals surface area contributed by atoms with Crippen LogP contribution in [0.15, 0.2) is 48.5 Å². The van der Waals surface area contributed by atoms with Crippen molar-refractivity contribution in [2.24, 2.45) is 0 Å². The van der Waals surface area contributed by atoms with E-state index in [0.717, 1.165) is 0 Å². The zero-order valence-corrected chi connectivity index (χ0v) is 12.1. The SMILES string of the molecule is COc1ccccc1CNS(=O)(=O)Oc1ccccc1O. The van der Waals surface area contributed by atoms with Crippen molar-refractivity contribution in [2.45, 2.75) is 6.54 Å². The summed E-state index contributed by atoms with van der Waals surface area (Å²) in [6.07, 6.45) is 0. The first kappa shape index (κ1) is 15.1. The molecule has 2 aromatic carbocycles. The minimum absolute atomic E-state index is 0.0138. The summed E-state index contributed by atoms with van der Waals surface area (Å²) >= 11 is 0. The van der Waals surface area contributed by atoms with Crippen LogP contribution in [0.2, 0.25) is 0 Å². The standard InChI is InChI=1S/C14H15NO5S/c1-19-13-8-4-2-6-11(13)10-15-21(17,18)20-14-9-5-3-7-12(14)16/h2-9,15-16H,10H2,1H3. The quantitative estimate of drug-likeness (QED) is 0.850. The minimum Gasteiger partial charge on any atom is -0.504 e. The van der Waals surface area contributed by atoms with Gasteiger partial charge in [0.15, 0.2) is 11.5 Å². The van der Waals surface area contributed by atoms with E-state index in [1.54, 1.807) is 36.4 Å². The molecular weight excluding hydrogens is 294 g/mol. The maximum absolute atomic E-state index is 11.8. The minimum atomic E-state index is -4.05. The lowest BCUT2D eigenvalue weighted by molar-refractivity contribution is 0.407. The number of ether oxygens (including phenoxy) is 1. The molecule has 6 nitrogen and oxygen atoms in total. The fourth-order valence-electron chi connectivity index (χ4n) is 1.69. The Labute approximate surface area is 123 Å². The van der Waals surface area contributed by atoms with Gasteiger partial charge in [-0.25, -0.2) is 0 Å². The fourth-order valence-corrected chi connectivity index (χ4v) is 2.46. The van der Waals surface area contributed by atoms with E-state index in [9.17, 15) is 13.5 Å². The van der Waals surface area contributed by atoms with Gasteiger partial charge in [0.2, 0.25) is 0 Å². The van der Waals surface area contributed by atoms with Crippen molar-refractivity contribution in [3.8, 4) is 17.2 Å². The van der Waals surface area contributed by atoms with Gasteiger partial charge >= 0.3 is 10.3 Å². The second-order valence-corrected chi connectivity index (χ2v) is 5.50. The van der Waals surface area contributed by atoms with E-state index in [0.29, 0.717) is 11.3 Å². The molecule has 0 unspecified atom stereocenters. The van der Waals surface area contributed by atoms with E-state index >= 15 is 0 Å². The third kappa shape index (κ3) is 4.11. The second-order valence-electron chi connectivity index (χ2n) is 4.14. The smallest absolute Gasteiger partial charge is 0.383 e. The first-order valence-electron chi connectivity index (χ1n) is 6.11. The number of hydrogen-bond acceptors (Lipinski definition) is 5. The molecule has 0 spiro atoms. The lowest BCUT2D eigenvalue weighted by atomic mass is 10.2. The number of nitrogens with one attached hydrogen (secondary N) is 1. The lowest BCUT2D eigenvalue weighted by Gasteiger charge is -2.11. The zero-order valence-electron chi connectivity index (χ0n) is 11.3. The molecule has 7 heteroatoms. The van der Waals surface area contributed by atoms with E-state index in [2.05, 4.69) is 4.72 Å². The van der Waals surface area contributed by atoms with Gasteiger partial charge in [-0.15, -0.1) is 0 Å². The van der Waals surface area contributed by atoms with Gasteiger partial charge in [-0.1, -0.05) is 30.3 Å². The summed E-state index contributed by atoms with van der Waals surface area (Å²) < 4.78 is 35.9. The molecule has 0 atom stereocenters. The van der Waals surface area contributed by atoms with E-state index in [1.165, 1.54) is 19.2 Å². The summed E-state index contributed by atoms with van der Waals surface area (Å²) in [7, 11) is -2.54. The van der Waals surface area contributed by atoms with Crippen LogP contribution in [0, 0.1) is 0 Å². The molecule has 0 heterocycles. The molecule has 0 saturated carbocycles. The summed E-state index contributed by atoms with van der Waals surface area (Å²) in [5, 5.41) is 9.50. The average Bonchev–Trinajstić information content (AvgIpc) is 2.48. The van der Waals surface area contributed by atoms with Crippen molar-refractivity contribution >= 4 is 10.3 Å². The van der Waals surface area contributed by atoms with Crippen molar-refractivity contribution in [2.75, 3.05) is 7.11 Å². The Balaban J connectivity index is 2.07. The van der Waals surface area contributed by atoms with E-state index in [4.69, 9.17) is 8.92 Å². The molecular formula is C14H15NO5S. The van der Waals surface area contributed by atoms with Crippen LogP contribution in [0.5, 0.6) is 17.2 Å². The van der Waals surface area contributed by atoms with Gasteiger partial charge in [0.1, 0.15) is 5.75 Å². The van der Waals surface area contributed by atoms with Crippen LogP contribution in [0.4, 0.5) is 0 Å². The third-order valence-electron chi connectivity index (χ3n) is 2.70. The molecule has 0 amide bonds. The monoisotopic (exact) mass is 309 g/mol. The van der Waals surface area contributed by atoms with Crippen LogP contribution in [-0.4, -0.2) is 20.6 Å². The first-order valence-corrected chi connectivity index (χ1v) is 7.51. The van der Waals surface area contributed by atoms with Crippen LogP contribution in [0.3, 0.4) is 0 Å². The van der Waals surface area contributed by atoms with Crippen molar-refractivity contribution in [3.63, 3.8) is 0 Å². The summed E-state index contributed by atoms with van der Waals surface area (Å²) in [6, 6.07) is 12.9. The maximum Gasteiger partial charge on any atom is 0.383 e. The van der Waals surface area contributed by atoms with Crippen LogP contribution in [-0.2, 0) is 16.8 Å². The van der Waals surface area contributed by atoms with Gasteiger partial charge in [-0.2, -0.15) is 13.1 Å². The van der Waals surface area contributed by atoms with E-state index in [-0.39, 0.29) is 18.0 Å². The van der Waals surface area contributed by atoms with Crippen LogP contribution in [0.25, 0.3) is 0 Å². The van der Waals surface area contributed by atoms with Gasteiger partial charge in [0.25, 0.3) is 0 Å².